The molecule has 1 aliphatic rings. The first kappa shape index (κ1) is 14.3. The van der Waals surface area contributed by atoms with Crippen LogP contribution in [0.25, 0.3) is 0 Å². The van der Waals surface area contributed by atoms with Crippen molar-refractivity contribution in [3.8, 4) is 0 Å². The van der Waals surface area contributed by atoms with Crippen LogP contribution in [0.3, 0.4) is 0 Å². The Balaban J connectivity index is 1.62. The molecule has 1 aliphatic carbocycles. The number of imidazole rings is 1. The predicted molar refractivity (Wildman–Crippen MR) is 86.0 cm³/mol. The van der Waals surface area contributed by atoms with Crippen molar-refractivity contribution >= 4 is 0 Å². The molecule has 3 nitrogen and oxygen atoms in total. The predicted octanol–water partition coefficient (Wildman–Crippen LogP) is 3.26. The Kier molecular flexibility index (Phi) is 4.39. The molecule has 0 saturated heterocycles. The topological polar surface area (TPSA) is 43.8 Å². The van der Waals surface area contributed by atoms with E-state index in [0.29, 0.717) is 17.9 Å². The summed E-state index contributed by atoms with van der Waals surface area (Å²) in [6.07, 6.45) is 9.66. The first-order chi connectivity index (χ1) is 10.2. The van der Waals surface area contributed by atoms with Gasteiger partial charge in [0.25, 0.3) is 0 Å². The number of rotatable bonds is 4. The Hall–Kier alpha value is -1.61. The van der Waals surface area contributed by atoms with Gasteiger partial charge in [0.1, 0.15) is 5.82 Å². The number of benzene rings is 1. The first-order valence-corrected chi connectivity index (χ1v) is 8.00. The molecular weight excluding hydrogens is 258 g/mol. The maximum Gasteiger partial charge on any atom is 0.108 e. The highest BCUT2D eigenvalue weighted by molar-refractivity contribution is 5.20. The Morgan fingerprint density at radius 1 is 1.24 bits per heavy atom. The zero-order valence-electron chi connectivity index (χ0n) is 12.8. The van der Waals surface area contributed by atoms with Gasteiger partial charge in [-0.15, -0.1) is 0 Å². The Morgan fingerprint density at radius 3 is 2.76 bits per heavy atom. The van der Waals surface area contributed by atoms with Gasteiger partial charge in [-0.25, -0.2) is 4.98 Å². The Bertz CT molecular complexity index is 561. The molecule has 2 N–H and O–H groups in total. The molecule has 0 spiro atoms. The normalized spacial score (nSPS) is 25.9. The molecule has 1 aromatic carbocycles. The third kappa shape index (κ3) is 3.35. The third-order valence-corrected chi connectivity index (χ3v) is 4.97. The first-order valence-electron chi connectivity index (χ1n) is 8.00. The van der Waals surface area contributed by atoms with Gasteiger partial charge < -0.3 is 10.3 Å². The van der Waals surface area contributed by atoms with Gasteiger partial charge >= 0.3 is 0 Å². The SMILES string of the molecule is Cn1ccnc1CCC1CC(c2ccccc2)CCC1N. The van der Waals surface area contributed by atoms with E-state index in [1.54, 1.807) is 0 Å². The van der Waals surface area contributed by atoms with E-state index in [-0.39, 0.29) is 0 Å². The molecule has 1 aromatic heterocycles. The van der Waals surface area contributed by atoms with Gasteiger partial charge in [-0.1, -0.05) is 30.3 Å². The number of hydrogen-bond acceptors (Lipinski definition) is 2. The van der Waals surface area contributed by atoms with Crippen LogP contribution in [0, 0.1) is 5.92 Å². The van der Waals surface area contributed by atoms with Crippen LogP contribution in [0.5, 0.6) is 0 Å². The van der Waals surface area contributed by atoms with Crippen LogP contribution >= 0.6 is 0 Å². The highest BCUT2D eigenvalue weighted by atomic mass is 15.0. The minimum Gasteiger partial charge on any atom is -0.338 e. The van der Waals surface area contributed by atoms with E-state index < -0.39 is 0 Å². The van der Waals surface area contributed by atoms with E-state index in [1.807, 2.05) is 12.4 Å². The highest BCUT2D eigenvalue weighted by Gasteiger charge is 2.28. The molecule has 3 atom stereocenters. The van der Waals surface area contributed by atoms with Gasteiger partial charge in [-0.2, -0.15) is 0 Å². The van der Waals surface area contributed by atoms with Gasteiger partial charge in [-0.05, 0) is 43.1 Å². The molecule has 3 rings (SSSR count). The van der Waals surface area contributed by atoms with Crippen LogP contribution < -0.4 is 5.73 Å². The van der Waals surface area contributed by atoms with E-state index in [0.717, 1.165) is 19.3 Å². The summed E-state index contributed by atoms with van der Waals surface area (Å²) >= 11 is 0. The monoisotopic (exact) mass is 283 g/mol. The lowest BCUT2D eigenvalue weighted by Gasteiger charge is -2.34. The van der Waals surface area contributed by atoms with Crippen molar-refractivity contribution < 1.29 is 0 Å². The molecule has 1 heterocycles. The molecule has 1 saturated carbocycles. The molecular formula is C18H25N3. The van der Waals surface area contributed by atoms with Crippen LogP contribution in [0.4, 0.5) is 0 Å². The molecule has 3 heteroatoms. The molecule has 3 unspecified atom stereocenters. The van der Waals surface area contributed by atoms with Crippen molar-refractivity contribution in [1.82, 2.24) is 9.55 Å². The van der Waals surface area contributed by atoms with Crippen molar-refractivity contribution in [2.24, 2.45) is 18.7 Å². The summed E-state index contributed by atoms with van der Waals surface area (Å²) < 4.78 is 2.11. The maximum absolute atomic E-state index is 6.37. The van der Waals surface area contributed by atoms with Crippen LogP contribution in [0.15, 0.2) is 42.7 Å². The van der Waals surface area contributed by atoms with E-state index in [4.69, 9.17) is 5.73 Å². The zero-order chi connectivity index (χ0) is 14.7. The summed E-state index contributed by atoms with van der Waals surface area (Å²) in [5.74, 6) is 2.46. The van der Waals surface area contributed by atoms with Crippen molar-refractivity contribution in [3.05, 3.63) is 54.1 Å². The van der Waals surface area contributed by atoms with Crippen LogP contribution in [-0.2, 0) is 13.5 Å². The average molecular weight is 283 g/mol. The number of nitrogens with zero attached hydrogens (tertiary/aromatic N) is 2. The second-order valence-corrected chi connectivity index (χ2v) is 6.34. The van der Waals surface area contributed by atoms with Gasteiger partial charge in [0.2, 0.25) is 0 Å². The number of nitrogens with two attached hydrogens (primary N) is 1. The summed E-state index contributed by atoms with van der Waals surface area (Å²) in [6.45, 7) is 0. The number of aryl methyl sites for hydroxylation is 2. The minimum absolute atomic E-state index is 0.352. The van der Waals surface area contributed by atoms with Crippen LogP contribution in [0.2, 0.25) is 0 Å². The standard InChI is InChI=1S/C18H25N3/c1-21-12-11-20-18(21)10-8-16-13-15(7-9-17(16)19)14-5-3-2-4-6-14/h2-6,11-12,15-17H,7-10,13,19H2,1H3. The van der Waals surface area contributed by atoms with E-state index in [2.05, 4.69) is 46.9 Å². The van der Waals surface area contributed by atoms with Crippen LogP contribution in [-0.4, -0.2) is 15.6 Å². The van der Waals surface area contributed by atoms with Crippen molar-refractivity contribution in [3.63, 3.8) is 0 Å². The summed E-state index contributed by atoms with van der Waals surface area (Å²) in [4.78, 5) is 4.42. The molecule has 0 amide bonds. The third-order valence-electron chi connectivity index (χ3n) is 4.97. The van der Waals surface area contributed by atoms with Gasteiger partial charge in [0, 0.05) is 31.9 Å². The minimum atomic E-state index is 0.352. The molecule has 0 bridgehead atoms. The molecule has 2 aromatic rings. The molecule has 0 aliphatic heterocycles. The Morgan fingerprint density at radius 2 is 2.05 bits per heavy atom. The average Bonchev–Trinajstić information content (AvgIpc) is 2.93. The van der Waals surface area contributed by atoms with E-state index in [1.165, 1.54) is 24.2 Å². The van der Waals surface area contributed by atoms with Gasteiger partial charge in [-0.3, -0.25) is 0 Å². The fourth-order valence-electron chi connectivity index (χ4n) is 3.60. The number of aromatic nitrogens is 2. The van der Waals surface area contributed by atoms with Gasteiger partial charge in [0.05, 0.1) is 0 Å². The molecule has 0 radical (unpaired) electrons. The lowest BCUT2D eigenvalue weighted by atomic mass is 9.74. The van der Waals surface area contributed by atoms with E-state index in [9.17, 15) is 0 Å². The smallest absolute Gasteiger partial charge is 0.108 e. The Labute approximate surface area is 127 Å². The van der Waals surface area contributed by atoms with Crippen molar-refractivity contribution in [2.75, 3.05) is 0 Å². The van der Waals surface area contributed by atoms with Gasteiger partial charge in [0.15, 0.2) is 0 Å². The molecule has 21 heavy (non-hydrogen) atoms. The fraction of sp³-hybridized carbons (Fsp3) is 0.500. The highest BCUT2D eigenvalue weighted by Crippen LogP contribution is 2.37. The molecule has 112 valence electrons. The summed E-state index contributed by atoms with van der Waals surface area (Å²) in [7, 11) is 2.07. The van der Waals surface area contributed by atoms with Crippen LogP contribution in [0.1, 0.15) is 43.0 Å². The maximum atomic E-state index is 6.37. The number of hydrogen-bond donors (Lipinski definition) is 1. The second kappa shape index (κ2) is 6.44. The largest absolute Gasteiger partial charge is 0.338 e. The fourth-order valence-corrected chi connectivity index (χ4v) is 3.60. The quantitative estimate of drug-likeness (QED) is 0.936. The summed E-state index contributed by atoms with van der Waals surface area (Å²) in [6, 6.07) is 11.3. The lowest BCUT2D eigenvalue weighted by Crippen LogP contribution is -2.36. The second-order valence-electron chi connectivity index (χ2n) is 6.34. The van der Waals surface area contributed by atoms with Crippen molar-refractivity contribution in [2.45, 2.75) is 44.1 Å². The summed E-state index contributed by atoms with van der Waals surface area (Å²) in [5.41, 5.74) is 7.85. The lowest BCUT2D eigenvalue weighted by molar-refractivity contribution is 0.263. The van der Waals surface area contributed by atoms with Crippen molar-refractivity contribution in [1.29, 1.82) is 0 Å². The zero-order valence-corrected chi connectivity index (χ0v) is 12.8. The summed E-state index contributed by atoms with van der Waals surface area (Å²) in [5, 5.41) is 0. The van der Waals surface area contributed by atoms with E-state index >= 15 is 0 Å². The molecule has 1 fully saturated rings.